The molecule has 0 bridgehead atoms. The van der Waals surface area contributed by atoms with Crippen LogP contribution < -0.4 is 5.32 Å². The van der Waals surface area contributed by atoms with Crippen LogP contribution in [0.1, 0.15) is 12.1 Å². The minimum atomic E-state index is 0.843. The fourth-order valence-corrected chi connectivity index (χ4v) is 3.84. The van der Waals surface area contributed by atoms with E-state index in [4.69, 9.17) is 4.98 Å². The Bertz CT molecular complexity index is 978. The summed E-state index contributed by atoms with van der Waals surface area (Å²) in [5.74, 6) is 0.871. The molecule has 0 amide bonds. The first-order chi connectivity index (χ1) is 13.3. The van der Waals surface area contributed by atoms with E-state index < -0.39 is 0 Å². The van der Waals surface area contributed by atoms with Crippen molar-refractivity contribution in [3.63, 3.8) is 0 Å². The Balaban J connectivity index is 1.60. The van der Waals surface area contributed by atoms with E-state index in [1.807, 2.05) is 30.5 Å². The molecule has 0 aliphatic carbocycles. The van der Waals surface area contributed by atoms with Crippen LogP contribution in [0.4, 0.5) is 5.95 Å². The Kier molecular flexibility index (Phi) is 5.53. The van der Waals surface area contributed by atoms with Gasteiger partial charge in [-0.05, 0) is 12.8 Å². The van der Waals surface area contributed by atoms with Gasteiger partial charge in [0.05, 0.1) is 46.3 Å². The van der Waals surface area contributed by atoms with Gasteiger partial charge in [-0.2, -0.15) is 0 Å². The van der Waals surface area contributed by atoms with Gasteiger partial charge in [0, 0.05) is 23.9 Å². The van der Waals surface area contributed by atoms with Crippen molar-refractivity contribution in [1.29, 1.82) is 0 Å². The molecule has 5 nitrogen and oxygen atoms in total. The molecule has 4 rings (SSSR count). The van der Waals surface area contributed by atoms with Crippen molar-refractivity contribution < 1.29 is 0 Å². The molecule has 0 atom stereocenters. The Labute approximate surface area is 172 Å². The molecule has 0 saturated heterocycles. The van der Waals surface area contributed by atoms with Crippen molar-refractivity contribution in [2.24, 2.45) is 0 Å². The Morgan fingerprint density at radius 2 is 1.67 bits per heavy atom. The van der Waals surface area contributed by atoms with Crippen molar-refractivity contribution in [3.05, 3.63) is 78.9 Å². The fourth-order valence-electron chi connectivity index (χ4n) is 3.05. The number of hydrogen-bond donors (Lipinski definition) is 2. The maximum Gasteiger partial charge on any atom is 0.213 e. The average molecular weight is 469 g/mol. The molecule has 0 radical (unpaired) electrons. The number of hydrogen-bond acceptors (Lipinski definition) is 3. The van der Waals surface area contributed by atoms with E-state index in [1.54, 1.807) is 6.33 Å². The summed E-state index contributed by atoms with van der Waals surface area (Å²) >= 11 is 2.33. The van der Waals surface area contributed by atoms with Crippen LogP contribution in [0.15, 0.2) is 73.2 Å². The first-order valence-electron chi connectivity index (χ1n) is 8.94. The molecule has 2 aromatic heterocycles. The highest BCUT2D eigenvalue weighted by molar-refractivity contribution is 14.1. The van der Waals surface area contributed by atoms with Gasteiger partial charge in [-0.1, -0.05) is 60.7 Å². The number of aromatic nitrogens is 4. The van der Waals surface area contributed by atoms with Gasteiger partial charge >= 0.3 is 0 Å². The summed E-state index contributed by atoms with van der Waals surface area (Å²) in [5, 5.41) is 3.48. The van der Waals surface area contributed by atoms with Crippen molar-refractivity contribution in [1.82, 2.24) is 17.7 Å². The lowest BCUT2D eigenvalue weighted by atomic mass is 10.1. The Hall–Kier alpha value is -2.61. The molecular weight excluding hydrogens is 449 g/mol. The molecule has 136 valence electrons. The molecule has 27 heavy (non-hydrogen) atoms. The number of nitrogens with zero attached hydrogens (tertiary/aromatic N) is 3. The van der Waals surface area contributed by atoms with E-state index in [0.29, 0.717) is 0 Å². The van der Waals surface area contributed by atoms with Crippen molar-refractivity contribution in [2.75, 3.05) is 11.9 Å². The summed E-state index contributed by atoms with van der Waals surface area (Å²) in [5.41, 5.74) is 5.46. The maximum atomic E-state index is 4.91. The van der Waals surface area contributed by atoms with E-state index in [2.05, 4.69) is 77.3 Å². The minimum Gasteiger partial charge on any atom is -0.355 e. The normalized spacial score (nSPS) is 10.9. The third-order valence-corrected chi connectivity index (χ3v) is 5.31. The lowest BCUT2D eigenvalue weighted by Crippen LogP contribution is -2.06. The summed E-state index contributed by atoms with van der Waals surface area (Å²) in [7, 11) is 0. The zero-order chi connectivity index (χ0) is 18.5. The second-order valence-corrected chi connectivity index (χ2v) is 7.20. The van der Waals surface area contributed by atoms with E-state index in [1.165, 1.54) is 0 Å². The van der Waals surface area contributed by atoms with Crippen molar-refractivity contribution >= 4 is 28.8 Å². The van der Waals surface area contributed by atoms with Crippen molar-refractivity contribution in [3.8, 4) is 22.5 Å². The molecule has 2 aromatic carbocycles. The van der Waals surface area contributed by atoms with E-state index in [-0.39, 0.29) is 0 Å². The smallest absolute Gasteiger partial charge is 0.213 e. The highest BCUT2D eigenvalue weighted by Crippen LogP contribution is 2.35. The summed E-state index contributed by atoms with van der Waals surface area (Å²) in [6, 6.07) is 20.7. The zero-order valence-electron chi connectivity index (χ0n) is 14.8. The topological polar surface area (TPSA) is 58.5 Å². The van der Waals surface area contributed by atoms with Gasteiger partial charge in [0.25, 0.3) is 0 Å². The van der Waals surface area contributed by atoms with Crippen LogP contribution in [0.3, 0.4) is 0 Å². The fraction of sp³-hybridized carbons (Fsp3) is 0.143. The highest BCUT2D eigenvalue weighted by Gasteiger charge is 2.18. The first kappa shape index (κ1) is 17.8. The van der Waals surface area contributed by atoms with Crippen LogP contribution in [0.5, 0.6) is 0 Å². The number of rotatable bonds is 7. The molecular formula is C21H20IN5. The molecule has 0 aliphatic heterocycles. The maximum absolute atomic E-state index is 4.91. The summed E-state index contributed by atoms with van der Waals surface area (Å²) in [4.78, 5) is 12.2. The third kappa shape index (κ3) is 4.05. The van der Waals surface area contributed by atoms with Gasteiger partial charge in [-0.25, -0.2) is 12.7 Å². The molecule has 2 N–H and O–H groups in total. The molecule has 0 spiro atoms. The lowest BCUT2D eigenvalue weighted by Gasteiger charge is -2.07. The summed E-state index contributed by atoms with van der Waals surface area (Å²) < 4.78 is 2.12. The van der Waals surface area contributed by atoms with E-state index in [9.17, 15) is 0 Å². The predicted molar refractivity (Wildman–Crippen MR) is 118 cm³/mol. The third-order valence-electron chi connectivity index (χ3n) is 4.37. The first-order valence-corrected chi connectivity index (χ1v) is 9.90. The molecule has 0 aliphatic rings. The number of aromatic amines is 1. The van der Waals surface area contributed by atoms with Crippen LogP contribution in [-0.4, -0.2) is 24.3 Å². The van der Waals surface area contributed by atoms with E-state index in [0.717, 1.165) is 53.5 Å². The van der Waals surface area contributed by atoms with Crippen LogP contribution in [-0.2, 0) is 6.42 Å². The molecule has 0 fully saturated rings. The molecule has 0 saturated carbocycles. The number of imidazole rings is 2. The number of nitrogens with one attached hydrogen (secondary N) is 2. The van der Waals surface area contributed by atoms with Crippen LogP contribution in [0, 0.1) is 0 Å². The monoisotopic (exact) mass is 469 g/mol. The Morgan fingerprint density at radius 3 is 2.33 bits per heavy atom. The second-order valence-electron chi connectivity index (χ2n) is 6.24. The zero-order valence-corrected chi connectivity index (χ0v) is 16.9. The van der Waals surface area contributed by atoms with Gasteiger partial charge in [-0.15, -0.1) is 0 Å². The number of anilines is 1. The molecule has 2 heterocycles. The Morgan fingerprint density at radius 1 is 0.963 bits per heavy atom. The van der Waals surface area contributed by atoms with Gasteiger partial charge in [0.15, 0.2) is 0 Å². The SMILES string of the molecule is In1c(NCCCc2c[nH]cn2)nc(-c2ccccc2)c1-c1ccccc1. The van der Waals surface area contributed by atoms with Gasteiger partial charge in [0.1, 0.15) is 0 Å². The quantitative estimate of drug-likeness (QED) is 0.290. The molecule has 0 unspecified atom stereocenters. The number of halogens is 1. The number of benzene rings is 2. The minimum absolute atomic E-state index is 0.843. The van der Waals surface area contributed by atoms with Gasteiger partial charge in [0.2, 0.25) is 5.95 Å². The van der Waals surface area contributed by atoms with E-state index >= 15 is 0 Å². The number of H-pyrrole nitrogens is 1. The van der Waals surface area contributed by atoms with Gasteiger partial charge < -0.3 is 10.3 Å². The lowest BCUT2D eigenvalue weighted by molar-refractivity contribution is 0.836. The van der Waals surface area contributed by atoms with Gasteiger partial charge in [-0.3, -0.25) is 0 Å². The van der Waals surface area contributed by atoms with Crippen LogP contribution >= 0.6 is 22.9 Å². The molecule has 6 heteroatoms. The molecule has 4 aromatic rings. The number of aryl methyl sites for hydroxylation is 1. The standard InChI is InChI=1S/C21H20IN5/c22-27-20(17-10-5-2-6-11-17)19(16-8-3-1-4-9-16)26-21(27)24-13-7-12-18-14-23-15-25-18/h1-6,8-11,14-15H,7,12-13H2,(H,23,25)(H,24,26). The predicted octanol–water partition coefficient (Wildman–Crippen LogP) is 5.18. The largest absolute Gasteiger partial charge is 0.355 e. The highest BCUT2D eigenvalue weighted by atomic mass is 127. The van der Waals surface area contributed by atoms with Crippen LogP contribution in [0.2, 0.25) is 0 Å². The van der Waals surface area contributed by atoms with Crippen molar-refractivity contribution in [2.45, 2.75) is 12.8 Å². The summed E-state index contributed by atoms with van der Waals surface area (Å²) in [6.07, 6.45) is 5.60. The van der Waals surface area contributed by atoms with Crippen LogP contribution in [0.25, 0.3) is 22.5 Å². The summed E-state index contributed by atoms with van der Waals surface area (Å²) in [6.45, 7) is 0.843. The average Bonchev–Trinajstić information content (AvgIpc) is 3.35. The second kappa shape index (κ2) is 8.39.